The van der Waals surface area contributed by atoms with Crippen LogP contribution in [-0.4, -0.2) is 62.2 Å². The fraction of sp³-hybridized carbons (Fsp3) is 0.294. The van der Waals surface area contributed by atoms with Crippen LogP contribution < -0.4 is 0 Å². The molecule has 0 unspecified atom stereocenters. The van der Waals surface area contributed by atoms with E-state index in [0.717, 1.165) is 10.0 Å². The minimum Gasteiger partial charge on any atom is -0.444 e. The fourth-order valence-electron chi connectivity index (χ4n) is 2.28. The third kappa shape index (κ3) is 5.51. The van der Waals surface area contributed by atoms with E-state index < -0.39 is 26.3 Å². The maximum absolute atomic E-state index is 12.6. The maximum atomic E-state index is 12.6. The summed E-state index contributed by atoms with van der Waals surface area (Å²) in [4.78, 5) is 24.6. The van der Waals surface area contributed by atoms with Crippen LogP contribution in [0.25, 0.3) is 0 Å². The number of hydrogen-bond acceptors (Lipinski definition) is 7. The Morgan fingerprint density at radius 1 is 1.04 bits per heavy atom. The first-order chi connectivity index (χ1) is 12.9. The molecule has 1 aliphatic rings. The summed E-state index contributed by atoms with van der Waals surface area (Å²) in [6, 6.07) is 7.95. The van der Waals surface area contributed by atoms with Gasteiger partial charge in [0.1, 0.15) is 13.2 Å². The number of nitrogens with zero attached hydrogens (tertiary/aromatic N) is 2. The highest BCUT2D eigenvalue weighted by atomic mass is 33.1. The average Bonchev–Trinajstić information content (AvgIpc) is 3.08. The van der Waals surface area contributed by atoms with Gasteiger partial charge in [0, 0.05) is 0 Å². The van der Waals surface area contributed by atoms with Crippen molar-refractivity contribution in [2.24, 2.45) is 0 Å². The predicted molar refractivity (Wildman–Crippen MR) is 102 cm³/mol. The Balaban J connectivity index is 2.14. The van der Waals surface area contributed by atoms with Gasteiger partial charge in [-0.1, -0.05) is 43.5 Å². The summed E-state index contributed by atoms with van der Waals surface area (Å²) in [5.74, 6) is 0. The van der Waals surface area contributed by atoms with Crippen LogP contribution in [-0.2, 0) is 18.3 Å². The van der Waals surface area contributed by atoms with Crippen LogP contribution in [0.2, 0.25) is 0 Å². The second-order valence-electron chi connectivity index (χ2n) is 5.38. The van der Waals surface area contributed by atoms with Crippen molar-refractivity contribution in [1.29, 1.82) is 0 Å². The highest BCUT2D eigenvalue weighted by Gasteiger charge is 2.41. The summed E-state index contributed by atoms with van der Waals surface area (Å²) in [6.07, 6.45) is 1.21. The van der Waals surface area contributed by atoms with Gasteiger partial charge >= 0.3 is 12.2 Å². The van der Waals surface area contributed by atoms with Gasteiger partial charge in [-0.2, -0.15) is 0 Å². The predicted octanol–water partition coefficient (Wildman–Crippen LogP) is 2.65. The highest BCUT2D eigenvalue weighted by molar-refractivity contribution is 8.72. The monoisotopic (exact) mass is 412 g/mol. The van der Waals surface area contributed by atoms with Crippen molar-refractivity contribution < 1.29 is 27.5 Å². The second-order valence-corrected chi connectivity index (χ2v) is 9.51. The van der Waals surface area contributed by atoms with Gasteiger partial charge in [-0.25, -0.2) is 28.0 Å². The van der Waals surface area contributed by atoms with E-state index in [1.807, 2.05) is 0 Å². The number of benzene rings is 1. The molecule has 0 radical (unpaired) electrons. The van der Waals surface area contributed by atoms with Crippen LogP contribution in [0.4, 0.5) is 9.59 Å². The van der Waals surface area contributed by atoms with Crippen molar-refractivity contribution in [3.63, 3.8) is 0 Å². The summed E-state index contributed by atoms with van der Waals surface area (Å²) in [5.41, 5.74) is 0. The Morgan fingerprint density at radius 2 is 1.52 bits per heavy atom. The second kappa shape index (κ2) is 9.47. The number of rotatable bonds is 7. The van der Waals surface area contributed by atoms with E-state index in [1.165, 1.54) is 24.3 Å². The first kappa shape index (κ1) is 20.8. The lowest BCUT2D eigenvalue weighted by atomic mass is 10.4. The molecule has 0 N–H and O–H groups in total. The molecule has 0 saturated carbocycles. The average molecular weight is 412 g/mol. The van der Waals surface area contributed by atoms with E-state index >= 15 is 0 Å². The van der Waals surface area contributed by atoms with E-state index in [4.69, 9.17) is 9.47 Å². The molecule has 0 atom stereocenters. The van der Waals surface area contributed by atoms with E-state index in [0.29, 0.717) is 10.8 Å². The molecule has 0 spiro atoms. The number of ether oxygens (including phenoxy) is 2. The number of hydrazine groups is 1. The van der Waals surface area contributed by atoms with Crippen LogP contribution in [0.15, 0.2) is 60.5 Å². The zero-order chi connectivity index (χ0) is 19.9. The van der Waals surface area contributed by atoms with Gasteiger partial charge in [0.15, 0.2) is 0 Å². The zero-order valence-corrected chi connectivity index (χ0v) is 16.2. The molecule has 1 saturated heterocycles. The number of hydrogen-bond donors (Lipinski definition) is 0. The normalized spacial score (nSPS) is 14.7. The standard InChI is InChI=1S/C17H20N2O6S2/c1-3-10-24-16(20)18-12-14(13-19(18)17(21)25-11-4-2)26-27(22,23)15-8-6-5-7-9-15/h3-9,14H,1-2,10-13H2. The number of amides is 2. The van der Waals surface area contributed by atoms with Gasteiger partial charge in [0.25, 0.3) is 0 Å². The molecular formula is C17H20N2O6S2. The summed E-state index contributed by atoms with van der Waals surface area (Å²) < 4.78 is 35.0. The van der Waals surface area contributed by atoms with Gasteiger partial charge < -0.3 is 9.47 Å². The van der Waals surface area contributed by atoms with Crippen LogP contribution in [0, 0.1) is 0 Å². The van der Waals surface area contributed by atoms with Crippen molar-refractivity contribution in [3.05, 3.63) is 55.6 Å². The Kier molecular flexibility index (Phi) is 7.31. The largest absolute Gasteiger partial charge is 0.444 e. The molecule has 0 aromatic heterocycles. The van der Waals surface area contributed by atoms with Crippen LogP contribution in [0.3, 0.4) is 0 Å². The quantitative estimate of drug-likeness (QED) is 0.502. The Bertz CT molecular complexity index is 765. The minimum absolute atomic E-state index is 0.0180. The molecule has 1 fully saturated rings. The molecule has 2 amide bonds. The van der Waals surface area contributed by atoms with E-state index in [-0.39, 0.29) is 31.2 Å². The third-order valence-electron chi connectivity index (χ3n) is 3.41. The van der Waals surface area contributed by atoms with Crippen LogP contribution in [0.1, 0.15) is 0 Å². The molecule has 8 nitrogen and oxygen atoms in total. The Hall–Kier alpha value is -2.46. The Morgan fingerprint density at radius 3 is 1.96 bits per heavy atom. The van der Waals surface area contributed by atoms with E-state index in [9.17, 15) is 18.0 Å². The van der Waals surface area contributed by atoms with Gasteiger partial charge in [0.05, 0.1) is 23.2 Å². The van der Waals surface area contributed by atoms with E-state index in [1.54, 1.807) is 18.2 Å². The third-order valence-corrected chi connectivity index (χ3v) is 7.24. The van der Waals surface area contributed by atoms with Crippen LogP contribution >= 0.6 is 10.8 Å². The molecule has 2 rings (SSSR count). The molecule has 1 aromatic rings. The fourth-order valence-corrected chi connectivity index (χ4v) is 5.75. The first-order valence-electron chi connectivity index (χ1n) is 7.97. The molecule has 146 valence electrons. The van der Waals surface area contributed by atoms with Gasteiger partial charge in [-0.05, 0) is 22.9 Å². The molecule has 0 aliphatic carbocycles. The smallest absolute Gasteiger partial charge is 0.429 e. The maximum Gasteiger partial charge on any atom is 0.429 e. The van der Waals surface area contributed by atoms with Crippen molar-refractivity contribution in [2.45, 2.75) is 10.1 Å². The van der Waals surface area contributed by atoms with Crippen molar-refractivity contribution >= 4 is 31.8 Å². The Labute approximate surface area is 161 Å². The van der Waals surface area contributed by atoms with Crippen molar-refractivity contribution in [2.75, 3.05) is 26.3 Å². The van der Waals surface area contributed by atoms with Crippen LogP contribution in [0.5, 0.6) is 0 Å². The molecule has 1 aliphatic heterocycles. The molecule has 1 heterocycles. The van der Waals surface area contributed by atoms with Gasteiger partial charge in [-0.15, -0.1) is 0 Å². The summed E-state index contributed by atoms with van der Waals surface area (Å²) in [5, 5.41) is 1.50. The lowest BCUT2D eigenvalue weighted by molar-refractivity contribution is 0.0126. The molecule has 1 aromatic carbocycles. The highest BCUT2D eigenvalue weighted by Crippen LogP contribution is 2.32. The zero-order valence-electron chi connectivity index (χ0n) is 14.5. The minimum atomic E-state index is -3.65. The molecule has 10 heteroatoms. The number of carbonyl (C=O) groups is 2. The SMILES string of the molecule is C=CCOC(=O)N1CC(SS(=O)(=O)c2ccccc2)CN1C(=O)OCC=C. The van der Waals surface area contributed by atoms with Crippen molar-refractivity contribution in [1.82, 2.24) is 10.0 Å². The molecule has 27 heavy (non-hydrogen) atoms. The first-order valence-corrected chi connectivity index (χ1v) is 10.9. The molecule has 0 bridgehead atoms. The van der Waals surface area contributed by atoms with Crippen molar-refractivity contribution in [3.8, 4) is 0 Å². The summed E-state index contributed by atoms with van der Waals surface area (Å²) >= 11 is 0. The van der Waals surface area contributed by atoms with Gasteiger partial charge in [-0.3, -0.25) is 0 Å². The summed E-state index contributed by atoms with van der Waals surface area (Å²) in [7, 11) is -2.96. The van der Waals surface area contributed by atoms with Gasteiger partial charge in [0.2, 0.25) is 8.87 Å². The lowest BCUT2D eigenvalue weighted by Gasteiger charge is -2.25. The lowest BCUT2D eigenvalue weighted by Crippen LogP contribution is -2.45. The molecular weight excluding hydrogens is 392 g/mol. The summed E-state index contributed by atoms with van der Waals surface area (Å²) in [6.45, 7) is 6.80. The number of carbonyl (C=O) groups excluding carboxylic acids is 2. The van der Waals surface area contributed by atoms with E-state index in [2.05, 4.69) is 13.2 Å². The topological polar surface area (TPSA) is 93.2 Å².